The topological polar surface area (TPSA) is 75.7 Å². The summed E-state index contributed by atoms with van der Waals surface area (Å²) < 4.78 is 4.67. The van der Waals surface area contributed by atoms with Gasteiger partial charge in [-0.25, -0.2) is 4.79 Å². The molecule has 2 fully saturated rings. The van der Waals surface area contributed by atoms with Crippen molar-refractivity contribution in [2.45, 2.75) is 30.7 Å². The van der Waals surface area contributed by atoms with E-state index >= 15 is 0 Å². The van der Waals surface area contributed by atoms with Gasteiger partial charge in [-0.3, -0.25) is 9.59 Å². The summed E-state index contributed by atoms with van der Waals surface area (Å²) in [5, 5.41) is 2.80. The molecule has 0 bridgehead atoms. The lowest BCUT2D eigenvalue weighted by molar-refractivity contribution is -0.135. The molecule has 0 saturated carbocycles. The van der Waals surface area contributed by atoms with Crippen molar-refractivity contribution < 1.29 is 19.1 Å². The third kappa shape index (κ3) is 2.81. The van der Waals surface area contributed by atoms with Crippen molar-refractivity contribution in [3.63, 3.8) is 0 Å². The Hall–Kier alpha value is -2.02. The second-order valence-corrected chi connectivity index (χ2v) is 7.33. The van der Waals surface area contributed by atoms with E-state index in [-0.39, 0.29) is 16.7 Å². The maximum absolute atomic E-state index is 12.6. The van der Waals surface area contributed by atoms with Crippen LogP contribution in [0.5, 0.6) is 0 Å². The van der Waals surface area contributed by atoms with E-state index in [1.807, 2.05) is 6.92 Å². The highest BCUT2D eigenvalue weighted by Crippen LogP contribution is 2.47. The van der Waals surface area contributed by atoms with Crippen LogP contribution in [0.25, 0.3) is 0 Å². The van der Waals surface area contributed by atoms with Crippen molar-refractivity contribution in [3.8, 4) is 0 Å². The van der Waals surface area contributed by atoms with Crippen LogP contribution in [0.1, 0.15) is 30.1 Å². The van der Waals surface area contributed by atoms with Crippen LogP contribution in [0.15, 0.2) is 24.3 Å². The van der Waals surface area contributed by atoms with Crippen LogP contribution in [0.2, 0.25) is 0 Å². The predicted octanol–water partition coefficient (Wildman–Crippen LogP) is 1.87. The predicted molar refractivity (Wildman–Crippen MR) is 87.1 cm³/mol. The van der Waals surface area contributed by atoms with E-state index in [4.69, 9.17) is 0 Å². The number of amides is 2. The molecular formula is C16H18N2O4S. The van der Waals surface area contributed by atoms with Crippen molar-refractivity contribution in [1.29, 1.82) is 0 Å². The summed E-state index contributed by atoms with van der Waals surface area (Å²) in [5.41, 5.74) is 0.885. The van der Waals surface area contributed by atoms with Crippen LogP contribution in [-0.4, -0.2) is 46.5 Å². The zero-order valence-corrected chi connectivity index (χ0v) is 13.8. The molecule has 7 heteroatoms. The standard InChI is InChI=1S/C16H18N2O4S/c1-16-7-6-13(19)18(16)12(9-23-16)14(20)17-11-5-3-4-10(8-11)15(21)22-2/h3-5,8,12H,6-7,9H2,1-2H3,(H,17,20)/t12-,16+/m0/s1. The molecule has 0 aliphatic carbocycles. The number of hydrogen-bond donors (Lipinski definition) is 1. The first-order valence-corrected chi connectivity index (χ1v) is 8.38. The lowest BCUT2D eigenvalue weighted by Crippen LogP contribution is -2.48. The molecule has 0 unspecified atom stereocenters. The Kier molecular flexibility index (Phi) is 4.06. The third-order valence-corrected chi connectivity index (χ3v) is 5.80. The summed E-state index contributed by atoms with van der Waals surface area (Å²) in [6, 6.07) is 6.10. The smallest absolute Gasteiger partial charge is 0.337 e. The van der Waals surface area contributed by atoms with Crippen LogP contribution in [0, 0.1) is 0 Å². The van der Waals surface area contributed by atoms with Crippen LogP contribution in [-0.2, 0) is 14.3 Å². The minimum atomic E-state index is -0.471. The summed E-state index contributed by atoms with van der Waals surface area (Å²) in [6.45, 7) is 2.01. The van der Waals surface area contributed by atoms with Crippen molar-refractivity contribution >= 4 is 35.2 Å². The molecule has 1 aromatic carbocycles. The number of carbonyl (C=O) groups is 3. The number of thioether (sulfide) groups is 1. The Balaban J connectivity index is 1.75. The molecule has 0 radical (unpaired) electrons. The number of fused-ring (bicyclic) bond motifs is 1. The quantitative estimate of drug-likeness (QED) is 0.854. The second-order valence-electron chi connectivity index (χ2n) is 5.83. The molecule has 2 aliphatic heterocycles. The van der Waals surface area contributed by atoms with E-state index in [0.29, 0.717) is 23.4 Å². The zero-order chi connectivity index (χ0) is 16.6. The van der Waals surface area contributed by atoms with Gasteiger partial charge in [0, 0.05) is 17.9 Å². The molecule has 1 N–H and O–H groups in total. The van der Waals surface area contributed by atoms with Crippen LogP contribution in [0.3, 0.4) is 0 Å². The maximum atomic E-state index is 12.6. The van der Waals surface area contributed by atoms with Gasteiger partial charge in [0.1, 0.15) is 6.04 Å². The lowest BCUT2D eigenvalue weighted by Gasteiger charge is -2.29. The molecule has 3 rings (SSSR count). The van der Waals surface area contributed by atoms with E-state index in [0.717, 1.165) is 6.42 Å². The summed E-state index contributed by atoms with van der Waals surface area (Å²) in [4.78, 5) is 37.6. The number of hydrogen-bond acceptors (Lipinski definition) is 5. The van der Waals surface area contributed by atoms with Crippen molar-refractivity contribution in [2.24, 2.45) is 0 Å². The fraction of sp³-hybridized carbons (Fsp3) is 0.438. The first-order chi connectivity index (χ1) is 10.9. The number of anilines is 1. The van der Waals surface area contributed by atoms with Gasteiger partial charge in [0.15, 0.2) is 0 Å². The van der Waals surface area contributed by atoms with Crippen molar-refractivity contribution in [3.05, 3.63) is 29.8 Å². The fourth-order valence-electron chi connectivity index (χ4n) is 3.08. The Bertz CT molecular complexity index is 678. The molecule has 23 heavy (non-hydrogen) atoms. The Labute approximate surface area is 138 Å². The van der Waals surface area contributed by atoms with Gasteiger partial charge in [0.05, 0.1) is 17.5 Å². The van der Waals surface area contributed by atoms with E-state index < -0.39 is 12.0 Å². The SMILES string of the molecule is COC(=O)c1cccc(NC(=O)[C@@H]2CS[C@]3(C)CCC(=O)N23)c1. The van der Waals surface area contributed by atoms with E-state index in [9.17, 15) is 14.4 Å². The normalized spacial score (nSPS) is 26.1. The van der Waals surface area contributed by atoms with Gasteiger partial charge in [0.25, 0.3) is 0 Å². The zero-order valence-electron chi connectivity index (χ0n) is 13.0. The Morgan fingerprint density at radius 1 is 1.43 bits per heavy atom. The largest absolute Gasteiger partial charge is 0.465 e. The maximum Gasteiger partial charge on any atom is 0.337 e. The fourth-order valence-corrected chi connectivity index (χ4v) is 4.51. The number of methoxy groups -OCH3 is 1. The van der Waals surface area contributed by atoms with Crippen molar-refractivity contribution in [2.75, 3.05) is 18.2 Å². The molecule has 0 spiro atoms. The number of nitrogens with one attached hydrogen (secondary N) is 1. The minimum Gasteiger partial charge on any atom is -0.465 e. The highest BCUT2D eigenvalue weighted by Gasteiger charge is 2.52. The number of ether oxygens (including phenoxy) is 1. The van der Waals surface area contributed by atoms with Gasteiger partial charge >= 0.3 is 5.97 Å². The highest BCUT2D eigenvalue weighted by molar-refractivity contribution is 8.01. The van der Waals surface area contributed by atoms with E-state index in [1.54, 1.807) is 40.9 Å². The van der Waals surface area contributed by atoms with Crippen LogP contribution < -0.4 is 5.32 Å². The van der Waals surface area contributed by atoms with Gasteiger partial charge in [-0.1, -0.05) is 6.07 Å². The molecule has 2 atom stereocenters. The monoisotopic (exact) mass is 334 g/mol. The summed E-state index contributed by atoms with van der Waals surface area (Å²) >= 11 is 1.65. The average molecular weight is 334 g/mol. The average Bonchev–Trinajstić information content (AvgIpc) is 3.03. The lowest BCUT2D eigenvalue weighted by atomic mass is 10.2. The summed E-state index contributed by atoms with van der Waals surface area (Å²) in [5.74, 6) is -0.0654. The third-order valence-electron chi connectivity index (χ3n) is 4.30. The first kappa shape index (κ1) is 15.9. The van der Waals surface area contributed by atoms with E-state index in [2.05, 4.69) is 10.1 Å². The molecule has 1 aromatic rings. The molecular weight excluding hydrogens is 316 g/mol. The van der Waals surface area contributed by atoms with Crippen LogP contribution in [0.4, 0.5) is 5.69 Å². The molecule has 2 heterocycles. The van der Waals surface area contributed by atoms with E-state index in [1.165, 1.54) is 7.11 Å². The summed E-state index contributed by atoms with van der Waals surface area (Å²) in [6.07, 6.45) is 1.27. The summed E-state index contributed by atoms with van der Waals surface area (Å²) in [7, 11) is 1.31. The number of rotatable bonds is 3. The second kappa shape index (κ2) is 5.88. The highest BCUT2D eigenvalue weighted by atomic mass is 32.2. The molecule has 2 aliphatic rings. The van der Waals surface area contributed by atoms with Gasteiger partial charge in [-0.15, -0.1) is 11.8 Å². The number of nitrogens with zero attached hydrogens (tertiary/aromatic N) is 1. The minimum absolute atomic E-state index is 0.0287. The van der Waals surface area contributed by atoms with Crippen molar-refractivity contribution in [1.82, 2.24) is 4.90 Å². The van der Waals surface area contributed by atoms with Crippen LogP contribution >= 0.6 is 11.8 Å². The molecule has 2 amide bonds. The molecule has 122 valence electrons. The molecule has 6 nitrogen and oxygen atoms in total. The Morgan fingerprint density at radius 2 is 2.22 bits per heavy atom. The first-order valence-electron chi connectivity index (χ1n) is 7.40. The van der Waals surface area contributed by atoms with Gasteiger partial charge in [-0.05, 0) is 31.5 Å². The molecule has 0 aromatic heterocycles. The number of benzene rings is 1. The Morgan fingerprint density at radius 3 is 2.96 bits per heavy atom. The number of carbonyl (C=O) groups excluding carboxylic acids is 3. The molecule has 2 saturated heterocycles. The van der Waals surface area contributed by atoms with Gasteiger partial charge < -0.3 is 15.0 Å². The van der Waals surface area contributed by atoms with Gasteiger partial charge in [0.2, 0.25) is 11.8 Å². The number of esters is 1. The van der Waals surface area contributed by atoms with Gasteiger partial charge in [-0.2, -0.15) is 0 Å².